The number of aliphatic carboxylic acids is 1. The Morgan fingerprint density at radius 3 is 2.20 bits per heavy atom. The van der Waals surface area contributed by atoms with Crippen molar-refractivity contribution in [3.05, 3.63) is 0 Å². The standard InChI is InChI=1S/C10H18N2O3/c1-6(2)7(11)8(13)12-10(9(14)15)4-3-5-10/h6-7H,3-5,11H2,1-2H3,(H,12,13)(H,14,15)/t7-/m1/s1. The van der Waals surface area contributed by atoms with Gasteiger partial charge in [0.15, 0.2) is 0 Å². The number of nitrogens with one attached hydrogen (secondary N) is 1. The predicted molar refractivity (Wildman–Crippen MR) is 55.2 cm³/mol. The molecule has 0 radical (unpaired) electrons. The number of hydrogen-bond donors (Lipinski definition) is 3. The first-order valence-electron chi connectivity index (χ1n) is 5.20. The first-order chi connectivity index (χ1) is 6.89. The van der Waals surface area contributed by atoms with Crippen LogP contribution in [-0.2, 0) is 9.59 Å². The fraction of sp³-hybridized carbons (Fsp3) is 0.800. The van der Waals surface area contributed by atoms with Crippen LogP contribution in [0.1, 0.15) is 33.1 Å². The molecule has 1 aliphatic rings. The average molecular weight is 214 g/mol. The van der Waals surface area contributed by atoms with Gasteiger partial charge in [-0.25, -0.2) is 4.79 Å². The second-order valence-corrected chi connectivity index (χ2v) is 4.50. The minimum absolute atomic E-state index is 0.0101. The molecular weight excluding hydrogens is 196 g/mol. The van der Waals surface area contributed by atoms with Crippen molar-refractivity contribution >= 4 is 11.9 Å². The summed E-state index contributed by atoms with van der Waals surface area (Å²) >= 11 is 0. The molecule has 1 amide bonds. The van der Waals surface area contributed by atoms with E-state index in [-0.39, 0.29) is 11.8 Å². The van der Waals surface area contributed by atoms with E-state index in [0.717, 1.165) is 6.42 Å². The Hall–Kier alpha value is -1.10. The summed E-state index contributed by atoms with van der Waals surface area (Å²) in [5.41, 5.74) is 4.59. The Balaban J connectivity index is 2.60. The molecule has 0 aromatic carbocycles. The minimum Gasteiger partial charge on any atom is -0.480 e. The molecular formula is C10H18N2O3. The number of carboxylic acids is 1. The zero-order chi connectivity index (χ0) is 11.6. The number of carbonyl (C=O) groups is 2. The van der Waals surface area contributed by atoms with Gasteiger partial charge in [0.25, 0.3) is 0 Å². The van der Waals surface area contributed by atoms with Gasteiger partial charge in [-0.2, -0.15) is 0 Å². The van der Waals surface area contributed by atoms with Crippen LogP contribution < -0.4 is 11.1 Å². The highest BCUT2D eigenvalue weighted by Crippen LogP contribution is 2.32. The maximum Gasteiger partial charge on any atom is 0.329 e. The van der Waals surface area contributed by atoms with Gasteiger partial charge < -0.3 is 16.2 Å². The molecule has 1 fully saturated rings. The van der Waals surface area contributed by atoms with Crippen molar-refractivity contribution < 1.29 is 14.7 Å². The summed E-state index contributed by atoms with van der Waals surface area (Å²) in [5.74, 6) is -1.32. The van der Waals surface area contributed by atoms with Gasteiger partial charge in [-0.1, -0.05) is 13.8 Å². The molecule has 15 heavy (non-hydrogen) atoms. The van der Waals surface area contributed by atoms with E-state index in [1.54, 1.807) is 0 Å². The van der Waals surface area contributed by atoms with Crippen molar-refractivity contribution in [2.75, 3.05) is 0 Å². The number of carbonyl (C=O) groups excluding carboxylic acids is 1. The first-order valence-corrected chi connectivity index (χ1v) is 5.20. The number of rotatable bonds is 4. The van der Waals surface area contributed by atoms with Crippen LogP contribution in [-0.4, -0.2) is 28.6 Å². The summed E-state index contributed by atoms with van der Waals surface area (Å²) in [5, 5.41) is 11.5. The normalized spacial score (nSPS) is 20.5. The van der Waals surface area contributed by atoms with Crippen LogP contribution in [0, 0.1) is 5.92 Å². The SMILES string of the molecule is CC(C)[C@@H](N)C(=O)NC1(C(=O)O)CCC1. The van der Waals surface area contributed by atoms with E-state index in [2.05, 4.69) is 5.32 Å². The van der Waals surface area contributed by atoms with Gasteiger partial charge in [0, 0.05) is 0 Å². The molecule has 86 valence electrons. The molecule has 1 saturated carbocycles. The number of nitrogens with two attached hydrogens (primary N) is 1. The highest BCUT2D eigenvalue weighted by atomic mass is 16.4. The first kappa shape index (κ1) is 12.0. The fourth-order valence-electron chi connectivity index (χ4n) is 1.54. The van der Waals surface area contributed by atoms with Crippen LogP contribution in [0.25, 0.3) is 0 Å². The molecule has 0 heterocycles. The quantitative estimate of drug-likeness (QED) is 0.618. The average Bonchev–Trinajstić information content (AvgIpc) is 2.08. The lowest BCUT2D eigenvalue weighted by Crippen LogP contribution is -2.62. The Kier molecular flexibility index (Phi) is 3.34. The molecule has 0 bridgehead atoms. The van der Waals surface area contributed by atoms with E-state index in [9.17, 15) is 9.59 Å². The molecule has 0 spiro atoms. The van der Waals surface area contributed by atoms with Crippen molar-refractivity contribution in [2.45, 2.75) is 44.7 Å². The fourth-order valence-corrected chi connectivity index (χ4v) is 1.54. The van der Waals surface area contributed by atoms with Gasteiger partial charge in [0.2, 0.25) is 5.91 Å². The van der Waals surface area contributed by atoms with Crippen molar-refractivity contribution in [1.82, 2.24) is 5.32 Å². The summed E-state index contributed by atoms with van der Waals surface area (Å²) in [4.78, 5) is 22.6. The van der Waals surface area contributed by atoms with Crippen molar-refractivity contribution in [2.24, 2.45) is 11.7 Å². The van der Waals surface area contributed by atoms with Crippen LogP contribution in [0.2, 0.25) is 0 Å². The van der Waals surface area contributed by atoms with E-state index in [1.807, 2.05) is 13.8 Å². The van der Waals surface area contributed by atoms with Crippen molar-refractivity contribution in [3.8, 4) is 0 Å². The summed E-state index contributed by atoms with van der Waals surface area (Å²) in [6.45, 7) is 3.66. The Morgan fingerprint density at radius 1 is 1.40 bits per heavy atom. The molecule has 0 aromatic rings. The Bertz CT molecular complexity index is 272. The van der Waals surface area contributed by atoms with E-state index < -0.39 is 17.6 Å². The second kappa shape index (κ2) is 4.18. The molecule has 1 atom stereocenters. The van der Waals surface area contributed by atoms with Gasteiger partial charge in [0.05, 0.1) is 6.04 Å². The lowest BCUT2D eigenvalue weighted by atomic mass is 9.76. The van der Waals surface area contributed by atoms with Crippen LogP contribution in [0.4, 0.5) is 0 Å². The molecule has 1 rings (SSSR count). The van der Waals surface area contributed by atoms with Crippen LogP contribution in [0.15, 0.2) is 0 Å². The van der Waals surface area contributed by atoms with Gasteiger partial charge >= 0.3 is 5.97 Å². The summed E-state index contributed by atoms with van der Waals surface area (Å²) in [7, 11) is 0. The summed E-state index contributed by atoms with van der Waals surface area (Å²) in [6.07, 6.45) is 1.83. The number of carboxylic acid groups (broad SMARTS) is 1. The predicted octanol–water partition coefficient (Wildman–Crippen LogP) is 0.0932. The zero-order valence-corrected chi connectivity index (χ0v) is 9.12. The molecule has 0 saturated heterocycles. The van der Waals surface area contributed by atoms with Gasteiger partial charge in [-0.05, 0) is 25.2 Å². The topological polar surface area (TPSA) is 92.4 Å². The molecule has 0 unspecified atom stereocenters. The van der Waals surface area contributed by atoms with Crippen LogP contribution in [0.5, 0.6) is 0 Å². The minimum atomic E-state index is -1.05. The Labute approximate surface area is 89.0 Å². The van der Waals surface area contributed by atoms with E-state index in [1.165, 1.54) is 0 Å². The van der Waals surface area contributed by atoms with Crippen molar-refractivity contribution in [3.63, 3.8) is 0 Å². The molecule has 5 heteroatoms. The summed E-state index contributed by atoms with van der Waals surface area (Å²) < 4.78 is 0. The van der Waals surface area contributed by atoms with E-state index >= 15 is 0 Å². The zero-order valence-electron chi connectivity index (χ0n) is 9.12. The highest BCUT2D eigenvalue weighted by molar-refractivity contribution is 5.90. The maximum absolute atomic E-state index is 11.6. The second-order valence-electron chi connectivity index (χ2n) is 4.50. The molecule has 0 aliphatic heterocycles. The Morgan fingerprint density at radius 2 is 1.93 bits per heavy atom. The van der Waals surface area contributed by atoms with Crippen LogP contribution >= 0.6 is 0 Å². The molecule has 5 nitrogen and oxygen atoms in total. The third-order valence-electron chi connectivity index (χ3n) is 3.00. The van der Waals surface area contributed by atoms with E-state index in [0.29, 0.717) is 12.8 Å². The van der Waals surface area contributed by atoms with Gasteiger partial charge in [-0.3, -0.25) is 4.79 Å². The third-order valence-corrected chi connectivity index (χ3v) is 3.00. The lowest BCUT2D eigenvalue weighted by Gasteiger charge is -2.39. The molecule has 1 aliphatic carbocycles. The highest BCUT2D eigenvalue weighted by Gasteiger charge is 2.46. The van der Waals surface area contributed by atoms with Crippen LogP contribution in [0.3, 0.4) is 0 Å². The lowest BCUT2D eigenvalue weighted by molar-refractivity contribution is -0.152. The van der Waals surface area contributed by atoms with Gasteiger partial charge in [-0.15, -0.1) is 0 Å². The smallest absolute Gasteiger partial charge is 0.329 e. The summed E-state index contributed by atoms with van der Waals surface area (Å²) in [6, 6.07) is -0.637. The maximum atomic E-state index is 11.6. The van der Waals surface area contributed by atoms with E-state index in [4.69, 9.17) is 10.8 Å². The van der Waals surface area contributed by atoms with Gasteiger partial charge in [0.1, 0.15) is 5.54 Å². The number of amides is 1. The third kappa shape index (κ3) is 2.28. The number of hydrogen-bond acceptors (Lipinski definition) is 3. The largest absolute Gasteiger partial charge is 0.480 e. The monoisotopic (exact) mass is 214 g/mol. The molecule has 4 N–H and O–H groups in total. The molecule has 0 aromatic heterocycles. The van der Waals surface area contributed by atoms with Crippen molar-refractivity contribution in [1.29, 1.82) is 0 Å².